The predicted octanol–water partition coefficient (Wildman–Crippen LogP) is 2.28. The van der Waals surface area contributed by atoms with E-state index in [2.05, 4.69) is 41.2 Å². The molecular weight excluding hydrogens is 266 g/mol. The van der Waals surface area contributed by atoms with Crippen LogP contribution in [0.1, 0.15) is 40.0 Å². The summed E-state index contributed by atoms with van der Waals surface area (Å²) in [5.41, 5.74) is 0.734. The van der Waals surface area contributed by atoms with Crippen LogP contribution < -0.4 is 10.9 Å². The van der Waals surface area contributed by atoms with Gasteiger partial charge in [0.2, 0.25) is 5.95 Å². The first-order chi connectivity index (χ1) is 9.86. The van der Waals surface area contributed by atoms with Gasteiger partial charge in [-0.25, -0.2) is 0 Å². The molecule has 2 heterocycles. The molecule has 2 N–H and O–H groups in total. The number of aromatic amines is 1. The highest BCUT2D eigenvalue weighted by atomic mass is 16.1. The molecule has 0 saturated heterocycles. The molecule has 6 heteroatoms. The average molecular weight is 289 g/mol. The second-order valence-electron chi connectivity index (χ2n) is 7.07. The zero-order valence-electron chi connectivity index (χ0n) is 13.1. The maximum absolute atomic E-state index is 12.1. The Morgan fingerprint density at radius 1 is 1.38 bits per heavy atom. The summed E-state index contributed by atoms with van der Waals surface area (Å²) in [4.78, 5) is 19.4. The maximum Gasteiger partial charge on any atom is 0.263 e. The number of aromatic nitrogens is 4. The van der Waals surface area contributed by atoms with Crippen LogP contribution in [-0.4, -0.2) is 25.8 Å². The fourth-order valence-corrected chi connectivity index (χ4v) is 3.45. The van der Waals surface area contributed by atoms with Crippen LogP contribution in [0.3, 0.4) is 0 Å². The minimum atomic E-state index is -0.138. The zero-order valence-corrected chi connectivity index (χ0v) is 13.1. The molecule has 1 aliphatic carbocycles. The first kappa shape index (κ1) is 14.1. The van der Waals surface area contributed by atoms with Crippen LogP contribution in [0.5, 0.6) is 0 Å². The smallest absolute Gasteiger partial charge is 0.263 e. The number of hydrogen-bond donors (Lipinski definition) is 2. The van der Waals surface area contributed by atoms with Gasteiger partial charge in [0.05, 0.1) is 6.20 Å². The molecule has 114 valence electrons. The molecule has 1 aliphatic rings. The third-order valence-corrected chi connectivity index (χ3v) is 4.55. The summed E-state index contributed by atoms with van der Waals surface area (Å²) >= 11 is 0. The summed E-state index contributed by atoms with van der Waals surface area (Å²) in [6, 6.07) is 0.360. The van der Waals surface area contributed by atoms with Crippen molar-refractivity contribution in [3.8, 4) is 0 Å². The minimum Gasteiger partial charge on any atom is -0.353 e. The first-order valence-corrected chi connectivity index (χ1v) is 7.55. The number of aryl methyl sites for hydroxylation is 1. The van der Waals surface area contributed by atoms with Crippen LogP contribution in [0.2, 0.25) is 0 Å². The van der Waals surface area contributed by atoms with E-state index in [0.29, 0.717) is 28.9 Å². The van der Waals surface area contributed by atoms with E-state index in [4.69, 9.17) is 0 Å². The summed E-state index contributed by atoms with van der Waals surface area (Å²) in [5, 5.41) is 8.06. The van der Waals surface area contributed by atoms with Crippen molar-refractivity contribution >= 4 is 17.0 Å². The Labute approximate surface area is 124 Å². The standard InChI is InChI=1S/C15H23N5O/c1-15(2,3)10-6-5-7-11(10)17-14-18-12-9(13(21)19-14)8-16-20(12)4/h8,10-11H,5-7H2,1-4H3,(H2,17,18,19,21). The van der Waals surface area contributed by atoms with E-state index < -0.39 is 0 Å². The molecule has 0 spiro atoms. The van der Waals surface area contributed by atoms with Crippen LogP contribution in [0, 0.1) is 11.3 Å². The Hall–Kier alpha value is -1.85. The van der Waals surface area contributed by atoms with Gasteiger partial charge in [-0.2, -0.15) is 10.1 Å². The molecule has 0 amide bonds. The van der Waals surface area contributed by atoms with Gasteiger partial charge in [-0.3, -0.25) is 14.5 Å². The van der Waals surface area contributed by atoms with Gasteiger partial charge in [0.15, 0.2) is 5.65 Å². The highest BCUT2D eigenvalue weighted by molar-refractivity contribution is 5.74. The van der Waals surface area contributed by atoms with Crippen molar-refractivity contribution in [2.45, 2.75) is 46.1 Å². The summed E-state index contributed by atoms with van der Waals surface area (Å²) in [6.07, 6.45) is 5.12. The van der Waals surface area contributed by atoms with E-state index in [9.17, 15) is 4.79 Å². The van der Waals surface area contributed by atoms with Gasteiger partial charge < -0.3 is 5.32 Å². The molecule has 6 nitrogen and oxygen atoms in total. The lowest BCUT2D eigenvalue weighted by molar-refractivity contribution is 0.232. The zero-order chi connectivity index (χ0) is 15.2. The molecule has 2 atom stereocenters. The molecule has 2 unspecified atom stereocenters. The van der Waals surface area contributed by atoms with Gasteiger partial charge in [-0.1, -0.05) is 27.2 Å². The fraction of sp³-hybridized carbons (Fsp3) is 0.667. The van der Waals surface area contributed by atoms with E-state index >= 15 is 0 Å². The molecule has 0 aliphatic heterocycles. The molecule has 2 aromatic rings. The minimum absolute atomic E-state index is 0.138. The number of nitrogens with one attached hydrogen (secondary N) is 2. The highest BCUT2D eigenvalue weighted by Gasteiger charge is 2.36. The van der Waals surface area contributed by atoms with Crippen LogP contribution in [0.4, 0.5) is 5.95 Å². The number of nitrogens with zero attached hydrogens (tertiary/aromatic N) is 3. The molecule has 0 bridgehead atoms. The van der Waals surface area contributed by atoms with Gasteiger partial charge in [-0.05, 0) is 24.2 Å². The second-order valence-corrected chi connectivity index (χ2v) is 7.07. The summed E-state index contributed by atoms with van der Waals surface area (Å²) in [5.74, 6) is 1.14. The lowest BCUT2D eigenvalue weighted by Crippen LogP contribution is -2.34. The van der Waals surface area contributed by atoms with Gasteiger partial charge in [-0.15, -0.1) is 0 Å². The Bertz CT molecular complexity index is 709. The van der Waals surface area contributed by atoms with Crippen LogP contribution in [-0.2, 0) is 7.05 Å². The number of hydrogen-bond acceptors (Lipinski definition) is 4. The van der Waals surface area contributed by atoms with Crippen molar-refractivity contribution in [1.82, 2.24) is 19.7 Å². The van der Waals surface area contributed by atoms with Crippen molar-refractivity contribution in [2.24, 2.45) is 18.4 Å². The Balaban J connectivity index is 1.91. The molecule has 1 saturated carbocycles. The van der Waals surface area contributed by atoms with Crippen molar-refractivity contribution in [3.05, 3.63) is 16.6 Å². The van der Waals surface area contributed by atoms with Gasteiger partial charge in [0, 0.05) is 13.1 Å². The lowest BCUT2D eigenvalue weighted by atomic mass is 9.77. The summed E-state index contributed by atoms with van der Waals surface area (Å²) in [7, 11) is 1.80. The Morgan fingerprint density at radius 2 is 2.14 bits per heavy atom. The molecule has 0 aromatic carbocycles. The van der Waals surface area contributed by atoms with E-state index in [0.717, 1.165) is 6.42 Å². The van der Waals surface area contributed by atoms with Gasteiger partial charge in [0.1, 0.15) is 5.39 Å². The average Bonchev–Trinajstić information content (AvgIpc) is 2.97. The topological polar surface area (TPSA) is 75.6 Å². The number of H-pyrrole nitrogens is 1. The van der Waals surface area contributed by atoms with Crippen molar-refractivity contribution in [1.29, 1.82) is 0 Å². The third kappa shape index (κ3) is 2.54. The number of rotatable bonds is 2. The SMILES string of the molecule is Cn1ncc2c(=O)[nH]c(NC3CCCC3C(C)(C)C)nc21. The summed E-state index contributed by atoms with van der Waals surface area (Å²) < 4.78 is 1.63. The number of anilines is 1. The molecule has 2 aromatic heterocycles. The summed E-state index contributed by atoms with van der Waals surface area (Å²) in [6.45, 7) is 6.83. The monoisotopic (exact) mass is 289 g/mol. The Morgan fingerprint density at radius 3 is 2.86 bits per heavy atom. The molecule has 1 fully saturated rings. The van der Waals surface area contributed by atoms with Crippen LogP contribution in [0.25, 0.3) is 11.0 Å². The molecule has 3 rings (SSSR count). The normalized spacial score (nSPS) is 22.9. The maximum atomic E-state index is 12.1. The predicted molar refractivity (Wildman–Crippen MR) is 83.3 cm³/mol. The van der Waals surface area contributed by atoms with Crippen molar-refractivity contribution in [2.75, 3.05) is 5.32 Å². The molecule has 21 heavy (non-hydrogen) atoms. The van der Waals surface area contributed by atoms with Crippen LogP contribution >= 0.6 is 0 Å². The fourth-order valence-electron chi connectivity index (χ4n) is 3.45. The lowest BCUT2D eigenvalue weighted by Gasteiger charge is -2.32. The Kier molecular flexibility index (Phi) is 3.26. The first-order valence-electron chi connectivity index (χ1n) is 7.55. The largest absolute Gasteiger partial charge is 0.353 e. The van der Waals surface area contributed by atoms with Crippen molar-refractivity contribution < 1.29 is 0 Å². The van der Waals surface area contributed by atoms with E-state index in [1.807, 2.05) is 0 Å². The van der Waals surface area contributed by atoms with Crippen LogP contribution in [0.15, 0.2) is 11.0 Å². The molecular formula is C15H23N5O. The van der Waals surface area contributed by atoms with E-state index in [1.165, 1.54) is 12.8 Å². The van der Waals surface area contributed by atoms with Gasteiger partial charge in [0.25, 0.3) is 5.56 Å². The second kappa shape index (κ2) is 4.86. The quantitative estimate of drug-likeness (QED) is 0.889. The van der Waals surface area contributed by atoms with Crippen molar-refractivity contribution in [3.63, 3.8) is 0 Å². The number of fused-ring (bicyclic) bond motifs is 1. The highest BCUT2D eigenvalue weighted by Crippen LogP contribution is 2.40. The van der Waals surface area contributed by atoms with Gasteiger partial charge >= 0.3 is 0 Å². The third-order valence-electron chi connectivity index (χ3n) is 4.55. The van der Waals surface area contributed by atoms with E-state index in [-0.39, 0.29) is 11.0 Å². The molecule has 0 radical (unpaired) electrons. The van der Waals surface area contributed by atoms with E-state index in [1.54, 1.807) is 17.9 Å².